The van der Waals surface area contributed by atoms with E-state index in [0.717, 1.165) is 12.1 Å². The van der Waals surface area contributed by atoms with Gasteiger partial charge in [0.2, 0.25) is 17.9 Å². The molecular weight excluding hydrogens is 382 g/mol. The molecule has 3 aromatic rings. The quantitative estimate of drug-likeness (QED) is 0.256. The van der Waals surface area contributed by atoms with Crippen LogP contribution in [0.15, 0.2) is 40.9 Å². The number of aromatic nitrogens is 5. The number of anilines is 1. The van der Waals surface area contributed by atoms with Crippen LogP contribution >= 0.6 is 11.8 Å². The number of ether oxygens (including phenoxy) is 2. The second kappa shape index (κ2) is 8.13. The highest BCUT2D eigenvalue weighted by Crippen LogP contribution is 2.33. The first-order valence-corrected chi connectivity index (χ1v) is 9.49. The van der Waals surface area contributed by atoms with Crippen LogP contribution in [0, 0.1) is 0 Å². The van der Waals surface area contributed by atoms with Crippen molar-refractivity contribution in [2.75, 3.05) is 18.0 Å². The van der Waals surface area contributed by atoms with Crippen LogP contribution in [0.2, 0.25) is 0 Å². The molecule has 0 saturated carbocycles. The number of thioether (sulfide) groups is 1. The van der Waals surface area contributed by atoms with Crippen molar-refractivity contribution in [2.45, 2.75) is 18.6 Å². The number of hydrazone groups is 1. The number of nitrogens with one attached hydrogen (secondary N) is 2. The summed E-state index contributed by atoms with van der Waals surface area (Å²) in [5.41, 5.74) is 4.19. The molecule has 0 amide bonds. The number of nitrogens with zero attached hydrogens (tertiary/aromatic N) is 5. The van der Waals surface area contributed by atoms with E-state index in [1.165, 1.54) is 11.8 Å². The molecule has 28 heavy (non-hydrogen) atoms. The number of hydrogen-bond donors (Lipinski definition) is 2. The van der Waals surface area contributed by atoms with Crippen molar-refractivity contribution in [3.8, 4) is 11.5 Å². The summed E-state index contributed by atoms with van der Waals surface area (Å²) >= 11 is 1.23. The minimum Gasteiger partial charge on any atom is -0.454 e. The van der Waals surface area contributed by atoms with Gasteiger partial charge in [-0.15, -0.1) is 5.10 Å². The number of hydrogen-bond acceptors (Lipinski definition) is 9. The Morgan fingerprint density at radius 2 is 2.32 bits per heavy atom. The van der Waals surface area contributed by atoms with E-state index in [1.807, 2.05) is 17.8 Å². The van der Waals surface area contributed by atoms with Gasteiger partial charge in [-0.25, -0.2) is 10.5 Å². The van der Waals surface area contributed by atoms with Gasteiger partial charge < -0.3 is 9.47 Å². The maximum Gasteiger partial charge on any atom is 0.240 e. The first-order valence-electron chi connectivity index (χ1n) is 8.51. The SMILES string of the molecule is CCn1cc(/C=N/Nc2nc(SCC(=O)c3ccc4c(c3)OCO4)n[nH]2)cn1. The summed E-state index contributed by atoms with van der Waals surface area (Å²) in [4.78, 5) is 16.6. The third-order valence-corrected chi connectivity index (χ3v) is 4.70. The summed E-state index contributed by atoms with van der Waals surface area (Å²) in [6, 6.07) is 5.14. The van der Waals surface area contributed by atoms with Crippen LogP contribution < -0.4 is 14.9 Å². The standard InChI is InChI=1S/C17H17N7O3S/c1-2-24-8-11(7-19-24)6-18-21-16-20-17(23-22-16)28-9-13(25)12-3-4-14-15(5-12)27-10-26-14/h3-8H,2,9-10H2,1H3,(H2,20,21,22,23)/b18-6+. The molecule has 4 rings (SSSR count). The lowest BCUT2D eigenvalue weighted by Crippen LogP contribution is -2.02. The number of aryl methyl sites for hydroxylation is 1. The summed E-state index contributed by atoms with van der Waals surface area (Å²) in [6.07, 6.45) is 5.24. The van der Waals surface area contributed by atoms with Gasteiger partial charge in [0, 0.05) is 23.9 Å². The molecule has 0 fully saturated rings. The molecule has 0 saturated heterocycles. The Labute approximate surface area is 164 Å². The number of carbonyl (C=O) groups excluding carboxylic acids is 1. The number of fused-ring (bicyclic) bond motifs is 1. The molecule has 10 nitrogen and oxygen atoms in total. The highest BCUT2D eigenvalue weighted by atomic mass is 32.2. The van der Waals surface area contributed by atoms with E-state index in [0.29, 0.717) is 28.2 Å². The van der Waals surface area contributed by atoms with Gasteiger partial charge in [-0.1, -0.05) is 11.8 Å². The van der Waals surface area contributed by atoms with Gasteiger partial charge in [-0.05, 0) is 25.1 Å². The van der Waals surface area contributed by atoms with Crippen LogP contribution in [0.4, 0.5) is 5.95 Å². The van der Waals surface area contributed by atoms with Crippen molar-refractivity contribution in [1.29, 1.82) is 0 Å². The van der Waals surface area contributed by atoms with Gasteiger partial charge in [0.25, 0.3) is 0 Å². The highest BCUT2D eigenvalue weighted by molar-refractivity contribution is 7.99. The second-order valence-electron chi connectivity index (χ2n) is 5.75. The molecule has 1 aliphatic rings. The van der Waals surface area contributed by atoms with E-state index in [-0.39, 0.29) is 18.3 Å². The van der Waals surface area contributed by atoms with Crippen LogP contribution in [0.1, 0.15) is 22.8 Å². The summed E-state index contributed by atoms with van der Waals surface area (Å²) in [7, 11) is 0. The Bertz CT molecular complexity index is 1010. The van der Waals surface area contributed by atoms with E-state index >= 15 is 0 Å². The van der Waals surface area contributed by atoms with Crippen molar-refractivity contribution in [2.24, 2.45) is 5.10 Å². The Hall–Kier alpha value is -3.34. The zero-order chi connectivity index (χ0) is 19.3. The number of H-pyrrole nitrogens is 1. The molecule has 0 unspecified atom stereocenters. The molecule has 1 aliphatic heterocycles. The number of Topliss-reactive ketones (excluding diaryl/α,β-unsaturated/α-hetero) is 1. The summed E-state index contributed by atoms with van der Waals surface area (Å²) in [5, 5.41) is 15.5. The highest BCUT2D eigenvalue weighted by Gasteiger charge is 2.17. The molecule has 0 radical (unpaired) electrons. The molecule has 0 spiro atoms. The zero-order valence-electron chi connectivity index (χ0n) is 15.0. The Morgan fingerprint density at radius 1 is 1.43 bits per heavy atom. The number of benzene rings is 1. The van der Waals surface area contributed by atoms with Crippen LogP contribution in [0.5, 0.6) is 11.5 Å². The van der Waals surface area contributed by atoms with Crippen molar-refractivity contribution < 1.29 is 14.3 Å². The normalized spacial score (nSPS) is 12.6. The summed E-state index contributed by atoms with van der Waals surface area (Å²) in [5.74, 6) is 1.78. The van der Waals surface area contributed by atoms with Gasteiger partial charge in [-0.2, -0.15) is 15.2 Å². The molecule has 11 heteroatoms. The van der Waals surface area contributed by atoms with Gasteiger partial charge in [0.05, 0.1) is 18.2 Å². The predicted octanol–water partition coefficient (Wildman–Crippen LogP) is 2.17. The first-order chi connectivity index (χ1) is 13.7. The third kappa shape index (κ3) is 4.14. The fourth-order valence-electron chi connectivity index (χ4n) is 2.43. The molecule has 0 bridgehead atoms. The summed E-state index contributed by atoms with van der Waals surface area (Å²) in [6.45, 7) is 2.99. The van der Waals surface area contributed by atoms with E-state index in [2.05, 4.69) is 30.8 Å². The van der Waals surface area contributed by atoms with Crippen LogP contribution in [-0.4, -0.2) is 49.5 Å². The number of aromatic amines is 1. The fourth-order valence-corrected chi connectivity index (χ4v) is 3.12. The van der Waals surface area contributed by atoms with Gasteiger partial charge >= 0.3 is 0 Å². The lowest BCUT2D eigenvalue weighted by molar-refractivity contribution is 0.102. The van der Waals surface area contributed by atoms with Gasteiger partial charge in [0.15, 0.2) is 17.3 Å². The molecular formula is C17H17N7O3S. The predicted molar refractivity (Wildman–Crippen MR) is 103 cm³/mol. The van der Waals surface area contributed by atoms with Gasteiger partial charge in [-0.3, -0.25) is 9.48 Å². The Morgan fingerprint density at radius 3 is 3.18 bits per heavy atom. The molecule has 2 N–H and O–H groups in total. The molecule has 2 aromatic heterocycles. The Balaban J connectivity index is 1.29. The third-order valence-electron chi connectivity index (χ3n) is 3.85. The van der Waals surface area contributed by atoms with E-state index in [9.17, 15) is 4.79 Å². The average Bonchev–Trinajstić information content (AvgIpc) is 3.46. The zero-order valence-corrected chi connectivity index (χ0v) is 15.8. The van der Waals surface area contributed by atoms with Crippen LogP contribution in [0.25, 0.3) is 0 Å². The van der Waals surface area contributed by atoms with Gasteiger partial charge in [0.1, 0.15) is 0 Å². The van der Waals surface area contributed by atoms with Crippen molar-refractivity contribution in [3.63, 3.8) is 0 Å². The molecule has 3 heterocycles. The number of rotatable bonds is 8. The van der Waals surface area contributed by atoms with Crippen LogP contribution in [-0.2, 0) is 6.54 Å². The smallest absolute Gasteiger partial charge is 0.240 e. The minimum atomic E-state index is -0.0476. The maximum atomic E-state index is 12.4. The lowest BCUT2D eigenvalue weighted by atomic mass is 10.1. The van der Waals surface area contributed by atoms with Crippen molar-refractivity contribution in [1.82, 2.24) is 25.0 Å². The number of ketones is 1. The first kappa shape index (κ1) is 18.0. The van der Waals surface area contributed by atoms with E-state index in [4.69, 9.17) is 9.47 Å². The average molecular weight is 399 g/mol. The molecule has 1 aromatic carbocycles. The van der Waals surface area contributed by atoms with Crippen molar-refractivity contribution >= 4 is 29.7 Å². The van der Waals surface area contributed by atoms with Crippen LogP contribution in [0.3, 0.4) is 0 Å². The molecule has 0 aliphatic carbocycles. The topological polar surface area (TPSA) is 119 Å². The maximum absolute atomic E-state index is 12.4. The van der Waals surface area contributed by atoms with E-state index in [1.54, 1.807) is 30.6 Å². The largest absolute Gasteiger partial charge is 0.454 e. The molecule has 0 atom stereocenters. The number of carbonyl (C=O) groups is 1. The van der Waals surface area contributed by atoms with E-state index < -0.39 is 0 Å². The molecule has 144 valence electrons. The fraction of sp³-hybridized carbons (Fsp3) is 0.235. The van der Waals surface area contributed by atoms with Crippen molar-refractivity contribution in [3.05, 3.63) is 41.7 Å². The lowest BCUT2D eigenvalue weighted by Gasteiger charge is -2.01. The summed E-state index contributed by atoms with van der Waals surface area (Å²) < 4.78 is 12.3. The monoisotopic (exact) mass is 399 g/mol. The Kier molecular flexibility index (Phi) is 5.24. The minimum absolute atomic E-state index is 0.0476. The second-order valence-corrected chi connectivity index (χ2v) is 6.69.